The second kappa shape index (κ2) is 6.10. The molecule has 1 aromatic carbocycles. The lowest BCUT2D eigenvalue weighted by Crippen LogP contribution is -2.47. The molecular formula is C15H23ClN2S. The van der Waals surface area contributed by atoms with Gasteiger partial charge in [0.05, 0.1) is 0 Å². The molecule has 4 heteroatoms. The molecule has 19 heavy (non-hydrogen) atoms. The van der Waals surface area contributed by atoms with E-state index in [1.54, 1.807) is 0 Å². The zero-order chi connectivity index (χ0) is 14.7. The lowest BCUT2D eigenvalue weighted by atomic mass is 9.82. The maximum absolute atomic E-state index is 5.94. The number of hydrogen-bond donors (Lipinski definition) is 2. The summed E-state index contributed by atoms with van der Waals surface area (Å²) in [6, 6.07) is 7.53. The van der Waals surface area contributed by atoms with Crippen molar-refractivity contribution in [3.63, 3.8) is 0 Å². The van der Waals surface area contributed by atoms with Crippen LogP contribution >= 0.6 is 23.8 Å². The molecular weight excluding hydrogens is 276 g/mol. The second-order valence-corrected chi connectivity index (χ2v) is 7.56. The number of nitrogens with one attached hydrogen (secondary N) is 2. The molecule has 0 saturated heterocycles. The van der Waals surface area contributed by atoms with E-state index >= 15 is 0 Å². The van der Waals surface area contributed by atoms with Crippen molar-refractivity contribution in [1.82, 2.24) is 5.32 Å². The smallest absolute Gasteiger partial charge is 0.171 e. The monoisotopic (exact) mass is 298 g/mol. The first kappa shape index (κ1) is 16.3. The summed E-state index contributed by atoms with van der Waals surface area (Å²) >= 11 is 11.3. The third kappa shape index (κ3) is 6.79. The number of benzene rings is 1. The van der Waals surface area contributed by atoms with Crippen LogP contribution in [0.15, 0.2) is 24.3 Å². The first-order chi connectivity index (χ1) is 8.57. The Kier molecular flexibility index (Phi) is 5.22. The van der Waals surface area contributed by atoms with Crippen molar-refractivity contribution < 1.29 is 0 Å². The van der Waals surface area contributed by atoms with Gasteiger partial charge in [0.15, 0.2) is 5.11 Å². The van der Waals surface area contributed by atoms with Crippen molar-refractivity contribution >= 4 is 34.6 Å². The van der Waals surface area contributed by atoms with Gasteiger partial charge in [-0.15, -0.1) is 0 Å². The Morgan fingerprint density at radius 3 is 2.37 bits per heavy atom. The van der Waals surface area contributed by atoms with Crippen LogP contribution in [-0.2, 0) is 0 Å². The normalized spacial score (nSPS) is 12.1. The second-order valence-electron chi connectivity index (χ2n) is 6.71. The molecule has 1 aromatic rings. The van der Waals surface area contributed by atoms with Gasteiger partial charge >= 0.3 is 0 Å². The van der Waals surface area contributed by atoms with Gasteiger partial charge in [0, 0.05) is 16.2 Å². The van der Waals surface area contributed by atoms with Gasteiger partial charge in [-0.05, 0) is 56.1 Å². The Morgan fingerprint density at radius 1 is 1.21 bits per heavy atom. The predicted octanol–water partition coefficient (Wildman–Crippen LogP) is 4.84. The minimum atomic E-state index is -0.0547. The molecule has 0 amide bonds. The third-order valence-electron chi connectivity index (χ3n) is 2.51. The molecule has 0 aliphatic rings. The zero-order valence-electron chi connectivity index (χ0n) is 12.3. The average Bonchev–Trinajstić information content (AvgIpc) is 2.11. The maximum Gasteiger partial charge on any atom is 0.171 e. The van der Waals surface area contributed by atoms with E-state index in [1.165, 1.54) is 0 Å². The zero-order valence-corrected chi connectivity index (χ0v) is 13.9. The van der Waals surface area contributed by atoms with Gasteiger partial charge in [0.2, 0.25) is 0 Å². The number of rotatable bonds is 3. The van der Waals surface area contributed by atoms with Crippen molar-refractivity contribution in [3.05, 3.63) is 29.3 Å². The number of thiocarbonyl (C=S) groups is 1. The molecule has 0 saturated carbocycles. The summed E-state index contributed by atoms with van der Waals surface area (Å²) in [6.07, 6.45) is 1.03. The molecule has 2 nitrogen and oxygen atoms in total. The van der Waals surface area contributed by atoms with E-state index in [9.17, 15) is 0 Å². The maximum atomic E-state index is 5.94. The van der Waals surface area contributed by atoms with Gasteiger partial charge in [0.1, 0.15) is 0 Å². The summed E-state index contributed by atoms with van der Waals surface area (Å²) in [7, 11) is 0. The topological polar surface area (TPSA) is 24.1 Å². The highest BCUT2D eigenvalue weighted by atomic mass is 35.5. The Labute approximate surface area is 126 Å². The fourth-order valence-electron chi connectivity index (χ4n) is 2.41. The minimum absolute atomic E-state index is 0.0547. The summed E-state index contributed by atoms with van der Waals surface area (Å²) in [5.74, 6) is 0. The molecule has 0 atom stereocenters. The summed E-state index contributed by atoms with van der Waals surface area (Å²) in [6.45, 7) is 11.0. The molecule has 106 valence electrons. The first-order valence-corrected chi connectivity index (χ1v) is 7.21. The molecule has 0 aliphatic heterocycles. The van der Waals surface area contributed by atoms with E-state index in [0.717, 1.165) is 12.1 Å². The highest BCUT2D eigenvalue weighted by Crippen LogP contribution is 2.26. The first-order valence-electron chi connectivity index (χ1n) is 6.42. The Bertz CT molecular complexity index is 450. The van der Waals surface area contributed by atoms with Gasteiger partial charge < -0.3 is 10.6 Å². The lowest BCUT2D eigenvalue weighted by molar-refractivity contribution is 0.268. The highest BCUT2D eigenvalue weighted by molar-refractivity contribution is 7.80. The molecule has 2 N–H and O–H groups in total. The van der Waals surface area contributed by atoms with Crippen LogP contribution in [-0.4, -0.2) is 10.7 Å². The SMILES string of the molecule is CC(C)(C)CC(C)(C)NC(=S)Nc1cccc(Cl)c1. The highest BCUT2D eigenvalue weighted by Gasteiger charge is 2.25. The molecule has 0 bridgehead atoms. The van der Waals surface area contributed by atoms with E-state index in [1.807, 2.05) is 24.3 Å². The fourth-order valence-corrected chi connectivity index (χ4v) is 2.99. The van der Waals surface area contributed by atoms with Gasteiger partial charge in [-0.1, -0.05) is 38.4 Å². The standard InChI is InChI=1S/C15H23ClN2S/c1-14(2,3)10-15(4,5)18-13(19)17-12-8-6-7-11(16)9-12/h6-9H,10H2,1-5H3,(H2,17,18,19). The van der Waals surface area contributed by atoms with Gasteiger partial charge in [-0.25, -0.2) is 0 Å². The van der Waals surface area contributed by atoms with Crippen LogP contribution in [0.25, 0.3) is 0 Å². The Balaban J connectivity index is 2.60. The predicted molar refractivity (Wildman–Crippen MR) is 89.0 cm³/mol. The molecule has 0 aromatic heterocycles. The van der Waals surface area contributed by atoms with Crippen molar-refractivity contribution in [2.24, 2.45) is 5.41 Å². The van der Waals surface area contributed by atoms with E-state index < -0.39 is 0 Å². The summed E-state index contributed by atoms with van der Waals surface area (Å²) < 4.78 is 0. The van der Waals surface area contributed by atoms with Gasteiger partial charge in [-0.2, -0.15) is 0 Å². The van der Waals surface area contributed by atoms with Crippen molar-refractivity contribution in [1.29, 1.82) is 0 Å². The van der Waals surface area contributed by atoms with Crippen molar-refractivity contribution in [2.45, 2.75) is 46.6 Å². The van der Waals surface area contributed by atoms with Crippen LogP contribution < -0.4 is 10.6 Å². The van der Waals surface area contributed by atoms with Gasteiger partial charge in [-0.3, -0.25) is 0 Å². The van der Waals surface area contributed by atoms with E-state index in [4.69, 9.17) is 23.8 Å². The average molecular weight is 299 g/mol. The number of hydrogen-bond acceptors (Lipinski definition) is 1. The number of halogens is 1. The van der Waals surface area contributed by atoms with Crippen LogP contribution in [0.2, 0.25) is 5.02 Å². The largest absolute Gasteiger partial charge is 0.358 e. The summed E-state index contributed by atoms with van der Waals surface area (Å²) in [4.78, 5) is 0. The molecule has 0 fully saturated rings. The molecule has 0 unspecified atom stereocenters. The van der Waals surface area contributed by atoms with E-state index in [2.05, 4.69) is 45.3 Å². The van der Waals surface area contributed by atoms with Crippen LogP contribution in [0.5, 0.6) is 0 Å². The molecule has 0 radical (unpaired) electrons. The molecule has 0 heterocycles. The quantitative estimate of drug-likeness (QED) is 0.781. The van der Waals surface area contributed by atoms with Crippen molar-refractivity contribution in [3.8, 4) is 0 Å². The minimum Gasteiger partial charge on any atom is -0.358 e. The van der Waals surface area contributed by atoms with Crippen LogP contribution in [0.3, 0.4) is 0 Å². The van der Waals surface area contributed by atoms with Crippen molar-refractivity contribution in [2.75, 3.05) is 5.32 Å². The molecule has 0 spiro atoms. The third-order valence-corrected chi connectivity index (χ3v) is 2.95. The van der Waals surface area contributed by atoms with Crippen LogP contribution in [0.4, 0.5) is 5.69 Å². The van der Waals surface area contributed by atoms with Gasteiger partial charge in [0.25, 0.3) is 0 Å². The Morgan fingerprint density at radius 2 is 1.84 bits per heavy atom. The van der Waals surface area contributed by atoms with E-state index in [0.29, 0.717) is 10.1 Å². The van der Waals surface area contributed by atoms with E-state index in [-0.39, 0.29) is 11.0 Å². The van der Waals surface area contributed by atoms with Crippen LogP contribution in [0.1, 0.15) is 41.0 Å². The molecule has 1 rings (SSSR count). The van der Waals surface area contributed by atoms with Crippen LogP contribution in [0, 0.1) is 5.41 Å². The summed E-state index contributed by atoms with van der Waals surface area (Å²) in [5.41, 5.74) is 1.10. The Hall–Kier alpha value is -0.800. The fraction of sp³-hybridized carbons (Fsp3) is 0.533. The summed E-state index contributed by atoms with van der Waals surface area (Å²) in [5, 5.41) is 7.84. The number of anilines is 1. The molecule has 0 aliphatic carbocycles. The lowest BCUT2D eigenvalue weighted by Gasteiger charge is -2.34.